The summed E-state index contributed by atoms with van der Waals surface area (Å²) >= 11 is 0. The fourth-order valence-electron chi connectivity index (χ4n) is 2.76. The van der Waals surface area contributed by atoms with Crippen molar-refractivity contribution in [1.29, 1.82) is 0 Å². The predicted octanol–water partition coefficient (Wildman–Crippen LogP) is 5.69. The molecule has 22 heavy (non-hydrogen) atoms. The molecule has 0 amide bonds. The van der Waals surface area contributed by atoms with Crippen molar-refractivity contribution in [2.45, 2.75) is 27.7 Å². The molecule has 0 unspecified atom stereocenters. The van der Waals surface area contributed by atoms with Crippen molar-refractivity contribution in [3.63, 3.8) is 0 Å². The topological polar surface area (TPSA) is 12.0 Å². The monoisotopic (exact) mass is 291 g/mol. The van der Waals surface area contributed by atoms with Crippen LogP contribution in [0.15, 0.2) is 43.0 Å². The Morgan fingerprint density at radius 3 is 2.36 bits per heavy atom. The molecule has 0 saturated carbocycles. The molecule has 0 bridgehead atoms. The Balaban J connectivity index is 2.36. The van der Waals surface area contributed by atoms with Crippen LogP contribution in [0.25, 0.3) is 11.6 Å². The molecule has 0 aliphatic rings. The molecule has 0 heterocycles. The van der Waals surface area contributed by atoms with Gasteiger partial charge in [0.15, 0.2) is 0 Å². The van der Waals surface area contributed by atoms with Crippen LogP contribution in [0.3, 0.4) is 0 Å². The summed E-state index contributed by atoms with van der Waals surface area (Å²) in [6, 6.07) is 10.9. The summed E-state index contributed by atoms with van der Waals surface area (Å²) in [6.07, 6.45) is 4.27. The Morgan fingerprint density at radius 1 is 0.955 bits per heavy atom. The molecule has 114 valence electrons. The number of nitrogens with one attached hydrogen (secondary N) is 1. The summed E-state index contributed by atoms with van der Waals surface area (Å²) in [5.74, 6) is 0. The Kier molecular flexibility index (Phi) is 4.87. The molecule has 1 N–H and O–H groups in total. The zero-order chi connectivity index (χ0) is 16.3. The minimum Gasteiger partial charge on any atom is -0.388 e. The lowest BCUT2D eigenvalue weighted by molar-refractivity contribution is 1.34. The molecule has 0 radical (unpaired) electrons. The van der Waals surface area contributed by atoms with Crippen LogP contribution in [0, 0.1) is 27.7 Å². The van der Waals surface area contributed by atoms with E-state index in [0.29, 0.717) is 0 Å². The van der Waals surface area contributed by atoms with Crippen molar-refractivity contribution in [3.8, 4) is 0 Å². The van der Waals surface area contributed by atoms with Crippen molar-refractivity contribution in [1.82, 2.24) is 0 Å². The van der Waals surface area contributed by atoms with Gasteiger partial charge in [0.2, 0.25) is 0 Å². The lowest BCUT2D eigenvalue weighted by Crippen LogP contribution is -1.95. The van der Waals surface area contributed by atoms with Gasteiger partial charge in [-0.25, -0.2) is 0 Å². The molecule has 2 aromatic rings. The van der Waals surface area contributed by atoms with Crippen molar-refractivity contribution in [3.05, 3.63) is 76.4 Å². The van der Waals surface area contributed by atoms with E-state index in [4.69, 9.17) is 0 Å². The van der Waals surface area contributed by atoms with Crippen molar-refractivity contribution < 1.29 is 0 Å². The van der Waals surface area contributed by atoms with Crippen molar-refractivity contribution >= 4 is 17.3 Å². The van der Waals surface area contributed by atoms with Crippen LogP contribution in [0.2, 0.25) is 0 Å². The smallest absolute Gasteiger partial charge is 0.0416 e. The molecule has 1 nitrogen and oxygen atoms in total. The second-order valence-corrected chi connectivity index (χ2v) is 5.97. The maximum atomic E-state index is 4.24. The van der Waals surface area contributed by atoms with Gasteiger partial charge in [-0.05, 0) is 61.6 Å². The van der Waals surface area contributed by atoms with Crippen molar-refractivity contribution in [2.24, 2.45) is 0 Å². The van der Waals surface area contributed by atoms with Gasteiger partial charge in [0, 0.05) is 18.3 Å². The molecule has 0 fully saturated rings. The summed E-state index contributed by atoms with van der Waals surface area (Å²) in [7, 11) is 1.96. The van der Waals surface area contributed by atoms with Gasteiger partial charge >= 0.3 is 0 Å². The molecule has 0 aliphatic carbocycles. The highest BCUT2D eigenvalue weighted by atomic mass is 14.8. The first-order chi connectivity index (χ1) is 10.4. The van der Waals surface area contributed by atoms with E-state index in [9.17, 15) is 0 Å². The lowest BCUT2D eigenvalue weighted by atomic mass is 9.97. The number of anilines is 1. The van der Waals surface area contributed by atoms with E-state index in [1.165, 1.54) is 33.4 Å². The van der Waals surface area contributed by atoms with Crippen molar-refractivity contribution in [2.75, 3.05) is 12.4 Å². The molecular formula is C21H25N. The highest BCUT2D eigenvalue weighted by Crippen LogP contribution is 2.26. The van der Waals surface area contributed by atoms with Crippen LogP contribution in [0.5, 0.6) is 0 Å². The summed E-state index contributed by atoms with van der Waals surface area (Å²) < 4.78 is 0. The Hall–Kier alpha value is -2.28. The normalized spacial score (nSPS) is 11.0. The van der Waals surface area contributed by atoms with Gasteiger partial charge in [0.05, 0.1) is 0 Å². The van der Waals surface area contributed by atoms with Gasteiger partial charge in [0.25, 0.3) is 0 Å². The molecule has 0 atom stereocenters. The van der Waals surface area contributed by atoms with E-state index in [0.717, 1.165) is 11.3 Å². The van der Waals surface area contributed by atoms with Gasteiger partial charge in [-0.15, -0.1) is 0 Å². The second kappa shape index (κ2) is 6.65. The second-order valence-electron chi connectivity index (χ2n) is 5.97. The largest absolute Gasteiger partial charge is 0.388 e. The van der Waals surface area contributed by atoms with E-state index in [1.807, 2.05) is 7.05 Å². The number of hydrogen-bond donors (Lipinski definition) is 1. The summed E-state index contributed by atoms with van der Waals surface area (Å²) in [5.41, 5.74) is 9.70. The summed E-state index contributed by atoms with van der Waals surface area (Å²) in [5, 5.41) is 3.28. The quantitative estimate of drug-likeness (QED) is 0.714. The third kappa shape index (κ3) is 3.48. The Bertz CT molecular complexity index is 736. The summed E-state index contributed by atoms with van der Waals surface area (Å²) in [6.45, 7) is 12.7. The van der Waals surface area contributed by atoms with Gasteiger partial charge in [-0.1, -0.05) is 48.6 Å². The average Bonchev–Trinajstić information content (AvgIpc) is 2.47. The standard InChI is InChI=1S/C21H25N/c1-14-7-8-16(3)20(12-14)17(4)9-10-19-18(5)11-15(2)13-21(19)22-6/h7-13,22H,4H2,1-3,5-6H3/b10-9-. The van der Waals surface area contributed by atoms with Crippen LogP contribution in [0.1, 0.15) is 33.4 Å². The first-order valence-corrected chi connectivity index (χ1v) is 7.66. The Morgan fingerprint density at radius 2 is 1.68 bits per heavy atom. The van der Waals surface area contributed by atoms with E-state index in [2.05, 4.69) is 82.1 Å². The number of benzene rings is 2. The van der Waals surface area contributed by atoms with Gasteiger partial charge < -0.3 is 5.32 Å². The van der Waals surface area contributed by atoms with Crippen LogP contribution in [-0.2, 0) is 0 Å². The van der Waals surface area contributed by atoms with Crippen LogP contribution in [0.4, 0.5) is 5.69 Å². The van der Waals surface area contributed by atoms with Gasteiger partial charge in [-0.3, -0.25) is 0 Å². The number of hydrogen-bond acceptors (Lipinski definition) is 1. The zero-order valence-electron chi connectivity index (χ0n) is 14.2. The van der Waals surface area contributed by atoms with E-state index < -0.39 is 0 Å². The third-order valence-electron chi connectivity index (χ3n) is 3.99. The highest BCUT2D eigenvalue weighted by molar-refractivity contribution is 5.82. The maximum absolute atomic E-state index is 4.24. The number of aryl methyl sites for hydroxylation is 4. The third-order valence-corrected chi connectivity index (χ3v) is 3.99. The zero-order valence-corrected chi connectivity index (χ0v) is 14.2. The first-order valence-electron chi connectivity index (χ1n) is 7.66. The van der Waals surface area contributed by atoms with Crippen LogP contribution >= 0.6 is 0 Å². The predicted molar refractivity (Wildman–Crippen MR) is 99.4 cm³/mol. The van der Waals surface area contributed by atoms with E-state index in [-0.39, 0.29) is 0 Å². The van der Waals surface area contributed by atoms with Gasteiger partial charge in [0.1, 0.15) is 0 Å². The summed E-state index contributed by atoms with van der Waals surface area (Å²) in [4.78, 5) is 0. The maximum Gasteiger partial charge on any atom is 0.0416 e. The lowest BCUT2D eigenvalue weighted by Gasteiger charge is -2.11. The molecule has 0 spiro atoms. The minimum absolute atomic E-state index is 1.04. The molecule has 0 aromatic heterocycles. The van der Waals surface area contributed by atoms with E-state index >= 15 is 0 Å². The molecule has 2 aromatic carbocycles. The number of rotatable bonds is 4. The molecule has 0 saturated heterocycles. The molecule has 2 rings (SSSR count). The van der Waals surface area contributed by atoms with Gasteiger partial charge in [-0.2, -0.15) is 0 Å². The SMILES string of the molecule is C=C(/C=C\c1c(C)cc(C)cc1NC)c1cc(C)ccc1C. The minimum atomic E-state index is 1.04. The highest BCUT2D eigenvalue weighted by Gasteiger charge is 2.04. The van der Waals surface area contributed by atoms with Crippen LogP contribution < -0.4 is 5.32 Å². The molecular weight excluding hydrogens is 266 g/mol. The average molecular weight is 291 g/mol. The Labute approximate surface area is 134 Å². The van der Waals surface area contributed by atoms with E-state index in [1.54, 1.807) is 0 Å². The fraction of sp³-hybridized carbons (Fsp3) is 0.238. The molecule has 0 aliphatic heterocycles. The molecule has 1 heteroatoms. The first kappa shape index (κ1) is 16.1. The number of allylic oxidation sites excluding steroid dienone is 2. The van der Waals surface area contributed by atoms with Crippen LogP contribution in [-0.4, -0.2) is 7.05 Å². The fourth-order valence-corrected chi connectivity index (χ4v) is 2.76.